The molecule has 0 bridgehead atoms. The lowest BCUT2D eigenvalue weighted by Crippen LogP contribution is -2.55. The maximum absolute atomic E-state index is 12.8. The summed E-state index contributed by atoms with van der Waals surface area (Å²) in [5.74, 6) is 0.272. The van der Waals surface area contributed by atoms with Crippen molar-refractivity contribution in [2.45, 2.75) is 32.1 Å². The molecular weight excluding hydrogens is 304 g/mol. The molecular formula is C19H26N2O3. The van der Waals surface area contributed by atoms with Crippen LogP contribution in [0.3, 0.4) is 0 Å². The molecule has 2 fully saturated rings. The number of hydrogen-bond donors (Lipinski definition) is 1. The second-order valence-electron chi connectivity index (χ2n) is 7.09. The number of aliphatic hydroxyl groups excluding tert-OH is 1. The maximum atomic E-state index is 12.8. The first-order valence-corrected chi connectivity index (χ1v) is 8.87. The van der Waals surface area contributed by atoms with Gasteiger partial charge in [0.15, 0.2) is 0 Å². The van der Waals surface area contributed by atoms with Crippen molar-refractivity contribution in [1.29, 1.82) is 0 Å². The van der Waals surface area contributed by atoms with Crippen molar-refractivity contribution in [1.82, 2.24) is 9.80 Å². The summed E-state index contributed by atoms with van der Waals surface area (Å²) in [5.41, 5.74) is 0.755. The summed E-state index contributed by atoms with van der Waals surface area (Å²) >= 11 is 0. The molecule has 1 atom stereocenters. The first-order valence-electron chi connectivity index (χ1n) is 8.87. The van der Waals surface area contributed by atoms with Gasteiger partial charge in [-0.05, 0) is 37.8 Å². The minimum atomic E-state index is 0.0199. The van der Waals surface area contributed by atoms with Crippen LogP contribution in [0.2, 0.25) is 0 Å². The number of piperidine rings is 2. The van der Waals surface area contributed by atoms with E-state index >= 15 is 0 Å². The van der Waals surface area contributed by atoms with Crippen LogP contribution < -0.4 is 0 Å². The van der Waals surface area contributed by atoms with Gasteiger partial charge in [0.2, 0.25) is 5.91 Å². The van der Waals surface area contributed by atoms with Gasteiger partial charge in [-0.2, -0.15) is 0 Å². The summed E-state index contributed by atoms with van der Waals surface area (Å²) in [4.78, 5) is 28.7. The van der Waals surface area contributed by atoms with Crippen LogP contribution in [0.25, 0.3) is 0 Å². The van der Waals surface area contributed by atoms with Crippen LogP contribution in [0, 0.1) is 5.41 Å². The number of likely N-dealkylation sites (tertiary alicyclic amines) is 2. The first kappa shape index (κ1) is 17.0. The molecule has 0 saturated carbocycles. The van der Waals surface area contributed by atoms with Crippen LogP contribution in [-0.4, -0.2) is 59.5 Å². The quantitative estimate of drug-likeness (QED) is 0.917. The molecule has 1 spiro atoms. The van der Waals surface area contributed by atoms with Gasteiger partial charge in [0, 0.05) is 50.2 Å². The summed E-state index contributed by atoms with van der Waals surface area (Å²) < 4.78 is 0. The summed E-state index contributed by atoms with van der Waals surface area (Å²) in [7, 11) is 0. The number of carbonyl (C=O) groups excluding carboxylic acids is 2. The van der Waals surface area contributed by atoms with Gasteiger partial charge in [0.25, 0.3) is 5.91 Å². The van der Waals surface area contributed by atoms with Crippen molar-refractivity contribution in [3.63, 3.8) is 0 Å². The summed E-state index contributed by atoms with van der Waals surface area (Å²) in [5, 5.41) is 9.04. The van der Waals surface area contributed by atoms with Crippen molar-refractivity contribution in [3.8, 4) is 0 Å². The zero-order chi connectivity index (χ0) is 17.0. The Labute approximate surface area is 143 Å². The largest absolute Gasteiger partial charge is 0.396 e. The Kier molecular flexibility index (Phi) is 5.19. The fourth-order valence-electron chi connectivity index (χ4n) is 4.05. The van der Waals surface area contributed by atoms with Gasteiger partial charge in [-0.15, -0.1) is 0 Å². The fourth-order valence-corrected chi connectivity index (χ4v) is 4.05. The number of aliphatic hydroxyl groups is 1. The zero-order valence-electron chi connectivity index (χ0n) is 14.1. The zero-order valence-corrected chi connectivity index (χ0v) is 14.1. The van der Waals surface area contributed by atoms with Crippen molar-refractivity contribution in [2.24, 2.45) is 5.41 Å². The smallest absolute Gasteiger partial charge is 0.253 e. The minimum absolute atomic E-state index is 0.0199. The van der Waals surface area contributed by atoms with Crippen LogP contribution in [0.15, 0.2) is 30.3 Å². The second-order valence-corrected chi connectivity index (χ2v) is 7.09. The molecule has 2 saturated heterocycles. The SMILES string of the molecule is O=C1CC[C@]2(CCCN(C(=O)c3ccccc3)C2)CN1CCCO. The van der Waals surface area contributed by atoms with Crippen LogP contribution in [0.5, 0.6) is 0 Å². The Balaban J connectivity index is 1.70. The maximum Gasteiger partial charge on any atom is 0.253 e. The van der Waals surface area contributed by atoms with Crippen molar-refractivity contribution < 1.29 is 14.7 Å². The number of rotatable bonds is 4. The highest BCUT2D eigenvalue weighted by Crippen LogP contribution is 2.39. The van der Waals surface area contributed by atoms with Crippen LogP contribution in [-0.2, 0) is 4.79 Å². The van der Waals surface area contributed by atoms with Crippen LogP contribution in [0.1, 0.15) is 42.5 Å². The highest BCUT2D eigenvalue weighted by atomic mass is 16.3. The molecule has 0 radical (unpaired) electrons. The van der Waals surface area contributed by atoms with Gasteiger partial charge in [0.05, 0.1) is 0 Å². The molecule has 2 aliphatic rings. The Morgan fingerprint density at radius 2 is 1.96 bits per heavy atom. The number of nitrogens with zero attached hydrogens (tertiary/aromatic N) is 2. The van der Waals surface area contributed by atoms with E-state index in [0.29, 0.717) is 25.9 Å². The third-order valence-electron chi connectivity index (χ3n) is 5.30. The summed E-state index contributed by atoms with van der Waals surface area (Å²) in [6.07, 6.45) is 4.09. The lowest BCUT2D eigenvalue weighted by Gasteiger charge is -2.48. The second kappa shape index (κ2) is 7.34. The van der Waals surface area contributed by atoms with Crippen molar-refractivity contribution in [2.75, 3.05) is 32.8 Å². The Bertz CT molecular complexity index is 590. The molecule has 1 aromatic carbocycles. The predicted octanol–water partition coefficient (Wildman–Crippen LogP) is 1.91. The number of benzene rings is 1. The standard InChI is InChI=1S/C19H26N2O3/c22-13-5-12-20-14-19(10-8-17(20)23)9-4-11-21(15-19)18(24)16-6-2-1-3-7-16/h1-3,6-7,22H,4-5,8-15H2/t19-/m1/s1. The number of amides is 2. The van der Waals surface area contributed by atoms with Crippen LogP contribution in [0.4, 0.5) is 0 Å². The average molecular weight is 330 g/mol. The molecule has 0 aliphatic carbocycles. The molecule has 5 heteroatoms. The van der Waals surface area contributed by atoms with Gasteiger partial charge < -0.3 is 14.9 Å². The molecule has 2 amide bonds. The molecule has 2 aliphatic heterocycles. The van der Waals surface area contributed by atoms with Gasteiger partial charge in [-0.3, -0.25) is 9.59 Å². The normalized spacial score (nSPS) is 24.5. The topological polar surface area (TPSA) is 60.9 Å². The highest BCUT2D eigenvalue weighted by Gasteiger charge is 2.42. The molecule has 2 heterocycles. The van der Waals surface area contributed by atoms with Gasteiger partial charge >= 0.3 is 0 Å². The summed E-state index contributed by atoms with van der Waals surface area (Å²) in [6.45, 7) is 2.95. The molecule has 0 unspecified atom stereocenters. The molecule has 130 valence electrons. The molecule has 3 rings (SSSR count). The Morgan fingerprint density at radius 1 is 1.17 bits per heavy atom. The average Bonchev–Trinajstić information content (AvgIpc) is 2.63. The van der Waals surface area contributed by atoms with Gasteiger partial charge in [-0.1, -0.05) is 18.2 Å². The minimum Gasteiger partial charge on any atom is -0.396 e. The number of hydrogen-bond acceptors (Lipinski definition) is 3. The van der Waals surface area contributed by atoms with Gasteiger partial charge in [-0.25, -0.2) is 0 Å². The van der Waals surface area contributed by atoms with E-state index in [-0.39, 0.29) is 23.8 Å². The molecule has 1 aromatic rings. The summed E-state index contributed by atoms with van der Waals surface area (Å²) in [6, 6.07) is 9.43. The monoisotopic (exact) mass is 330 g/mol. The third kappa shape index (κ3) is 3.61. The lowest BCUT2D eigenvalue weighted by atomic mass is 9.73. The Morgan fingerprint density at radius 3 is 2.71 bits per heavy atom. The van der Waals surface area contributed by atoms with E-state index in [4.69, 9.17) is 5.11 Å². The van der Waals surface area contributed by atoms with Crippen molar-refractivity contribution >= 4 is 11.8 Å². The predicted molar refractivity (Wildman–Crippen MR) is 91.5 cm³/mol. The molecule has 0 aromatic heterocycles. The third-order valence-corrected chi connectivity index (χ3v) is 5.30. The molecule has 1 N–H and O–H groups in total. The van der Waals surface area contributed by atoms with E-state index in [1.807, 2.05) is 40.1 Å². The van der Waals surface area contributed by atoms with E-state index in [2.05, 4.69) is 0 Å². The van der Waals surface area contributed by atoms with E-state index in [1.165, 1.54) is 0 Å². The Hall–Kier alpha value is -1.88. The van der Waals surface area contributed by atoms with E-state index in [0.717, 1.165) is 37.9 Å². The van der Waals surface area contributed by atoms with Crippen molar-refractivity contribution in [3.05, 3.63) is 35.9 Å². The lowest BCUT2D eigenvalue weighted by molar-refractivity contribution is -0.139. The van der Waals surface area contributed by atoms with Gasteiger partial charge in [0.1, 0.15) is 0 Å². The molecule has 24 heavy (non-hydrogen) atoms. The van der Waals surface area contributed by atoms with E-state index < -0.39 is 0 Å². The highest BCUT2D eigenvalue weighted by molar-refractivity contribution is 5.94. The number of carbonyl (C=O) groups is 2. The molecule has 5 nitrogen and oxygen atoms in total. The van der Waals surface area contributed by atoms with E-state index in [1.54, 1.807) is 0 Å². The fraction of sp³-hybridized carbons (Fsp3) is 0.579. The van der Waals surface area contributed by atoms with Crippen LogP contribution >= 0.6 is 0 Å². The van der Waals surface area contributed by atoms with E-state index in [9.17, 15) is 9.59 Å². The first-order chi connectivity index (χ1) is 11.6.